The second-order valence-corrected chi connectivity index (χ2v) is 22.0. The molecule has 14 nitrogen and oxygen atoms in total. The zero-order chi connectivity index (χ0) is 58.6. The van der Waals surface area contributed by atoms with Crippen LogP contribution in [0.15, 0.2) is 152 Å². The van der Waals surface area contributed by atoms with Crippen LogP contribution in [0, 0.1) is 0 Å². The highest BCUT2D eigenvalue weighted by Crippen LogP contribution is 2.41. The van der Waals surface area contributed by atoms with E-state index in [0.717, 1.165) is 44.5 Å². The Labute approximate surface area is 493 Å². The number of rotatable bonds is 30. The zero-order valence-electron chi connectivity index (χ0n) is 46.3. The summed E-state index contributed by atoms with van der Waals surface area (Å²) in [4.78, 5) is 32.8. The molecule has 6 N–H and O–H groups in total. The Morgan fingerprint density at radius 1 is 0.841 bits per heavy atom. The number of carbonyl (C=O) groups is 2. The van der Waals surface area contributed by atoms with Crippen molar-refractivity contribution in [3.05, 3.63) is 189 Å². The first-order valence-electron chi connectivity index (χ1n) is 27.4. The van der Waals surface area contributed by atoms with Gasteiger partial charge in [-0.05, 0) is 110 Å². The van der Waals surface area contributed by atoms with Crippen LogP contribution >= 0.6 is 35.1 Å². The number of halogens is 5. The molecule has 20 heteroatoms. The van der Waals surface area contributed by atoms with Gasteiger partial charge in [0.2, 0.25) is 11.8 Å². The summed E-state index contributed by atoms with van der Waals surface area (Å²) < 4.78 is 64.6. The number of hydrogen-bond acceptors (Lipinski definition) is 13. The number of hydrazine groups is 1. The van der Waals surface area contributed by atoms with E-state index in [9.17, 15) is 22.8 Å². The van der Waals surface area contributed by atoms with Crippen LogP contribution in [0.2, 0.25) is 10.0 Å². The van der Waals surface area contributed by atoms with Crippen LogP contribution < -0.4 is 26.9 Å². The zero-order valence-corrected chi connectivity index (χ0v) is 48.6. The number of nitrogens with one attached hydrogen (secondary N) is 2. The number of benzene rings is 4. The fourth-order valence-electron chi connectivity index (χ4n) is 9.85. The minimum absolute atomic E-state index is 0.0513. The fourth-order valence-corrected chi connectivity index (χ4v) is 10.8. The lowest BCUT2D eigenvalue weighted by molar-refractivity contribution is -0.129. The van der Waals surface area contributed by atoms with Crippen LogP contribution in [0.4, 0.5) is 18.9 Å². The number of ether oxygens (including phenoxy) is 4. The third kappa shape index (κ3) is 18.3. The van der Waals surface area contributed by atoms with Gasteiger partial charge < -0.3 is 45.2 Å². The lowest BCUT2D eigenvalue weighted by Crippen LogP contribution is -2.38. The SMILES string of the molecule is C=CC1=C(\C=C)N(C(=O)CCC(=C)C)Cc2ccccc2/C(N(N)CCOCCOCCOCCNC(=O)CCCCOc2cc(C(c3ccc(Cl)cc3)c3ccc(Cl)cc3)cc3c(NC4CCN(SC(F)(F)F)CC4)ccnc23)=C\1N. The van der Waals surface area contributed by atoms with Crippen LogP contribution in [-0.4, -0.2) is 115 Å². The second-order valence-electron chi connectivity index (χ2n) is 19.9. The van der Waals surface area contributed by atoms with Crippen molar-refractivity contribution in [2.24, 2.45) is 11.6 Å². The maximum atomic E-state index is 13.5. The van der Waals surface area contributed by atoms with Gasteiger partial charge >= 0.3 is 5.51 Å². The van der Waals surface area contributed by atoms with Crippen LogP contribution in [0.25, 0.3) is 16.6 Å². The molecule has 4 aromatic carbocycles. The Morgan fingerprint density at radius 2 is 1.49 bits per heavy atom. The average molecular weight is 1190 g/mol. The first-order valence-corrected chi connectivity index (χ1v) is 28.9. The van der Waals surface area contributed by atoms with Crippen molar-refractivity contribution in [3.63, 3.8) is 0 Å². The van der Waals surface area contributed by atoms with Crippen LogP contribution in [0.3, 0.4) is 0 Å². The normalized spacial score (nSPS) is 16.1. The van der Waals surface area contributed by atoms with E-state index in [1.54, 1.807) is 28.3 Å². The van der Waals surface area contributed by atoms with Gasteiger partial charge in [0, 0.05) is 94.8 Å². The minimum Gasteiger partial charge on any atom is -0.491 e. The maximum Gasteiger partial charge on any atom is 0.456 e. The molecule has 2 aliphatic rings. The van der Waals surface area contributed by atoms with E-state index in [2.05, 4.69) is 36.4 Å². The molecule has 438 valence electrons. The van der Waals surface area contributed by atoms with Crippen molar-refractivity contribution in [2.75, 3.05) is 77.7 Å². The topological polar surface area (TPSA) is 170 Å². The third-order valence-electron chi connectivity index (χ3n) is 13.9. The molecule has 2 amide bonds. The smallest absolute Gasteiger partial charge is 0.456 e. The summed E-state index contributed by atoms with van der Waals surface area (Å²) in [7, 11) is 0. The summed E-state index contributed by atoms with van der Waals surface area (Å²) in [5.74, 6) is 6.83. The molecule has 0 saturated carbocycles. The largest absolute Gasteiger partial charge is 0.491 e. The van der Waals surface area contributed by atoms with E-state index < -0.39 is 5.51 Å². The Morgan fingerprint density at radius 3 is 2.12 bits per heavy atom. The Balaban J connectivity index is 0.842. The van der Waals surface area contributed by atoms with E-state index in [-0.39, 0.29) is 42.3 Å². The summed E-state index contributed by atoms with van der Waals surface area (Å²) in [5.41, 5.74) is 11.5. The number of anilines is 1. The van der Waals surface area contributed by atoms with E-state index in [1.165, 1.54) is 4.31 Å². The molecular formula is C62H73Cl2F3N8O6S. The van der Waals surface area contributed by atoms with Gasteiger partial charge in [0.05, 0.1) is 76.4 Å². The monoisotopic (exact) mass is 1180 g/mol. The fraction of sp³-hybridized carbons (Fsp3) is 0.371. The van der Waals surface area contributed by atoms with Crippen molar-refractivity contribution in [1.82, 2.24) is 24.5 Å². The number of aromatic nitrogens is 1. The molecule has 2 aliphatic heterocycles. The van der Waals surface area contributed by atoms with E-state index >= 15 is 0 Å². The summed E-state index contributed by atoms with van der Waals surface area (Å²) in [5, 5.41) is 10.1. The predicted octanol–water partition coefficient (Wildman–Crippen LogP) is 12.3. The van der Waals surface area contributed by atoms with E-state index in [0.29, 0.717) is 161 Å². The number of pyridine rings is 1. The molecule has 0 unspecified atom stereocenters. The van der Waals surface area contributed by atoms with Gasteiger partial charge in [-0.2, -0.15) is 13.2 Å². The van der Waals surface area contributed by atoms with Crippen molar-refractivity contribution in [1.29, 1.82) is 0 Å². The van der Waals surface area contributed by atoms with Crippen LogP contribution in [0.5, 0.6) is 5.75 Å². The molecule has 0 spiro atoms. The molecule has 7 rings (SSSR count). The van der Waals surface area contributed by atoms with E-state index in [4.69, 9.17) is 58.7 Å². The number of amides is 2. The number of carbonyl (C=O) groups excluding carboxylic acids is 2. The lowest BCUT2D eigenvalue weighted by Gasteiger charge is -2.33. The molecule has 0 aliphatic carbocycles. The van der Waals surface area contributed by atoms with Gasteiger partial charge in [-0.25, -0.2) is 10.1 Å². The minimum atomic E-state index is -4.33. The van der Waals surface area contributed by atoms with Gasteiger partial charge in [0.15, 0.2) is 0 Å². The molecule has 1 aromatic heterocycles. The van der Waals surface area contributed by atoms with Crippen LogP contribution in [0.1, 0.15) is 85.6 Å². The maximum absolute atomic E-state index is 13.5. The molecule has 0 atom stereocenters. The number of nitrogens with zero attached hydrogens (tertiary/aromatic N) is 4. The number of piperidine rings is 1. The second kappa shape index (κ2) is 31.3. The summed E-state index contributed by atoms with van der Waals surface area (Å²) in [6, 6.07) is 29.0. The average Bonchev–Trinajstić information content (AvgIpc) is 3.56. The molecule has 0 bridgehead atoms. The van der Waals surface area contributed by atoms with Crippen molar-refractivity contribution < 1.29 is 41.7 Å². The molecule has 1 fully saturated rings. The molecule has 0 radical (unpaired) electrons. The van der Waals surface area contributed by atoms with Crippen molar-refractivity contribution >= 4 is 69.3 Å². The van der Waals surface area contributed by atoms with Gasteiger partial charge in [-0.1, -0.05) is 96.5 Å². The number of nitrogens with two attached hydrogens (primary N) is 2. The Kier molecular flexibility index (Phi) is 24.2. The number of fused-ring (bicyclic) bond motifs is 2. The number of unbranched alkanes of at least 4 members (excludes halogenated alkanes) is 1. The third-order valence-corrected chi connectivity index (χ3v) is 15.3. The summed E-state index contributed by atoms with van der Waals surface area (Å²) in [6.07, 6.45) is 8.35. The highest BCUT2D eigenvalue weighted by atomic mass is 35.5. The first-order chi connectivity index (χ1) is 39.5. The van der Waals surface area contributed by atoms with Crippen molar-refractivity contribution in [3.8, 4) is 5.75 Å². The molecule has 3 heterocycles. The summed E-state index contributed by atoms with van der Waals surface area (Å²) in [6.45, 7) is 17.7. The number of alkyl halides is 3. The van der Waals surface area contributed by atoms with Gasteiger partial charge in [-0.15, -0.1) is 6.58 Å². The van der Waals surface area contributed by atoms with Crippen molar-refractivity contribution in [2.45, 2.75) is 75.9 Å². The highest BCUT2D eigenvalue weighted by molar-refractivity contribution is 7.97. The molecular weight excluding hydrogens is 1110 g/mol. The predicted molar refractivity (Wildman–Crippen MR) is 323 cm³/mol. The standard InChI is InChI=1S/C62H73Cl2F3N8O6S/c1-5-50-54(6-2)74(57(77)23-14-42(3)4)41-45-11-7-8-12-51(45)61(59(50)68)75(69)31-34-79-36-38-80-37-35-78-33-28-70-56(76)13-9-10-32-81-55-40-46(58(43-15-19-47(63)20-16-43)44-17-21-48(64)22-18-44)39-52-53(24-27-71-60(52)55)72-49-25-29-73(30-26-49)82-62(65,66)67/h5-8,11-12,15-22,24,27,39-40,49,58H,1-3,9-10,13-14,23,25-26,28-38,41,68-69H2,4H3,(H,70,76)(H,71,72)/b54-50-,61-59-. The number of allylic oxidation sites excluding steroid dienone is 3. The van der Waals surface area contributed by atoms with E-state index in [1.807, 2.05) is 91.9 Å². The summed E-state index contributed by atoms with van der Waals surface area (Å²) >= 11 is 12.6. The van der Waals surface area contributed by atoms with Crippen LogP contribution in [-0.2, 0) is 30.3 Å². The Hall–Kier alpha value is -6.35. The van der Waals surface area contributed by atoms with Gasteiger partial charge in [0.1, 0.15) is 11.3 Å². The number of hydrogen-bond donors (Lipinski definition) is 4. The quantitative estimate of drug-likeness (QED) is 0.00856. The van der Waals surface area contributed by atoms with Gasteiger partial charge in [0.25, 0.3) is 0 Å². The Bertz CT molecular complexity index is 3000. The van der Waals surface area contributed by atoms with Gasteiger partial charge in [-0.3, -0.25) is 14.6 Å². The lowest BCUT2D eigenvalue weighted by atomic mass is 9.84. The molecule has 5 aromatic rings. The molecule has 1 saturated heterocycles. The highest BCUT2D eigenvalue weighted by Gasteiger charge is 2.35. The first kappa shape index (κ1) is 63.2. The molecule has 82 heavy (non-hydrogen) atoms.